The maximum Gasteiger partial charge on any atom is 0.0805 e. The number of rotatable bonds is 4. The summed E-state index contributed by atoms with van der Waals surface area (Å²) in [6, 6.07) is 14.6. The van der Waals surface area contributed by atoms with Gasteiger partial charge in [-0.25, -0.2) is 0 Å². The maximum absolute atomic E-state index is 6.14. The Bertz CT molecular complexity index is 777. The van der Waals surface area contributed by atoms with Crippen LogP contribution in [0.5, 0.6) is 0 Å². The van der Waals surface area contributed by atoms with Crippen molar-refractivity contribution >= 4 is 28.4 Å². The van der Waals surface area contributed by atoms with Gasteiger partial charge in [0.1, 0.15) is 0 Å². The molecule has 2 aromatic carbocycles. The van der Waals surface area contributed by atoms with Crippen LogP contribution >= 0.6 is 11.8 Å². The van der Waals surface area contributed by atoms with Gasteiger partial charge in [0.15, 0.2) is 0 Å². The monoisotopic (exact) mass is 297 g/mol. The molecule has 0 spiro atoms. The molecule has 0 atom stereocenters. The normalized spacial score (nSPS) is 11.1. The summed E-state index contributed by atoms with van der Waals surface area (Å²) in [5, 5.41) is 5.96. The lowest BCUT2D eigenvalue weighted by Crippen LogP contribution is -1.96. The number of nitrogens with zero attached hydrogens (tertiary/aromatic N) is 2. The van der Waals surface area contributed by atoms with E-state index in [1.165, 1.54) is 10.9 Å². The molecule has 1 heterocycles. The summed E-state index contributed by atoms with van der Waals surface area (Å²) in [6.45, 7) is 5.05. The molecule has 0 saturated heterocycles. The van der Waals surface area contributed by atoms with Crippen molar-refractivity contribution in [2.75, 3.05) is 5.73 Å². The molecule has 3 nitrogen and oxygen atoms in total. The molecule has 0 radical (unpaired) electrons. The van der Waals surface area contributed by atoms with Crippen molar-refractivity contribution in [3.63, 3.8) is 0 Å². The first-order chi connectivity index (χ1) is 10.2. The van der Waals surface area contributed by atoms with E-state index in [9.17, 15) is 0 Å². The topological polar surface area (TPSA) is 43.8 Å². The average molecular weight is 297 g/mol. The molecule has 2 N–H and O–H groups in total. The fourth-order valence-corrected chi connectivity index (χ4v) is 3.47. The number of para-hydroxylation sites is 2. The van der Waals surface area contributed by atoms with E-state index >= 15 is 0 Å². The third-order valence-electron chi connectivity index (χ3n) is 3.68. The lowest BCUT2D eigenvalue weighted by atomic mass is 10.2. The standard InChI is InChI=1S/C17H19N3S/c1-3-20-15-9-5-4-8-13(15)14(19-20)11-21-16-10-6-7-12(2)17(16)18/h4-10H,3,11,18H2,1-2H3. The van der Waals surface area contributed by atoms with Crippen LogP contribution < -0.4 is 5.73 Å². The molecule has 1 aromatic heterocycles. The van der Waals surface area contributed by atoms with Crippen LogP contribution in [0.4, 0.5) is 5.69 Å². The van der Waals surface area contributed by atoms with Crippen LogP contribution in [0.3, 0.4) is 0 Å². The molecule has 4 heteroatoms. The highest BCUT2D eigenvalue weighted by molar-refractivity contribution is 7.98. The molecule has 0 bridgehead atoms. The number of aromatic nitrogens is 2. The van der Waals surface area contributed by atoms with Gasteiger partial charge in [-0.2, -0.15) is 5.10 Å². The van der Waals surface area contributed by atoms with Crippen molar-refractivity contribution in [1.82, 2.24) is 9.78 Å². The zero-order valence-corrected chi connectivity index (χ0v) is 13.2. The van der Waals surface area contributed by atoms with Crippen molar-refractivity contribution in [3.8, 4) is 0 Å². The second kappa shape index (κ2) is 5.82. The number of thioether (sulfide) groups is 1. The summed E-state index contributed by atoms with van der Waals surface area (Å²) in [7, 11) is 0. The number of hydrogen-bond acceptors (Lipinski definition) is 3. The van der Waals surface area contributed by atoms with Gasteiger partial charge in [0.2, 0.25) is 0 Å². The first kappa shape index (κ1) is 14.0. The van der Waals surface area contributed by atoms with E-state index in [0.717, 1.165) is 34.1 Å². The summed E-state index contributed by atoms with van der Waals surface area (Å²) in [5.74, 6) is 0.834. The fraction of sp³-hybridized carbons (Fsp3) is 0.235. The SMILES string of the molecule is CCn1nc(CSc2cccc(C)c2N)c2ccccc21. The Morgan fingerprint density at radius 2 is 1.95 bits per heavy atom. The number of benzene rings is 2. The van der Waals surface area contributed by atoms with E-state index < -0.39 is 0 Å². The van der Waals surface area contributed by atoms with Crippen molar-refractivity contribution in [3.05, 3.63) is 53.7 Å². The molecule has 0 saturated carbocycles. The first-order valence-electron chi connectivity index (χ1n) is 7.13. The zero-order valence-electron chi connectivity index (χ0n) is 12.3. The maximum atomic E-state index is 6.14. The van der Waals surface area contributed by atoms with Crippen LogP contribution in [0, 0.1) is 6.92 Å². The number of anilines is 1. The molecule has 0 aliphatic rings. The van der Waals surface area contributed by atoms with E-state index in [1.54, 1.807) is 11.8 Å². The van der Waals surface area contributed by atoms with Gasteiger partial charge in [-0.1, -0.05) is 30.3 Å². The summed E-state index contributed by atoms with van der Waals surface area (Å²) in [5.41, 5.74) is 10.5. The van der Waals surface area contributed by atoms with Gasteiger partial charge in [-0.15, -0.1) is 11.8 Å². The number of aryl methyl sites for hydroxylation is 2. The first-order valence-corrected chi connectivity index (χ1v) is 8.11. The summed E-state index contributed by atoms with van der Waals surface area (Å²) >= 11 is 1.75. The molecular weight excluding hydrogens is 278 g/mol. The van der Waals surface area contributed by atoms with Gasteiger partial charge in [-0.05, 0) is 31.5 Å². The van der Waals surface area contributed by atoms with Gasteiger partial charge < -0.3 is 5.73 Å². The van der Waals surface area contributed by atoms with E-state index in [2.05, 4.69) is 48.0 Å². The minimum atomic E-state index is 0.834. The van der Waals surface area contributed by atoms with Gasteiger partial charge >= 0.3 is 0 Å². The van der Waals surface area contributed by atoms with E-state index in [0.29, 0.717) is 0 Å². The van der Waals surface area contributed by atoms with Gasteiger partial charge in [0, 0.05) is 28.3 Å². The third-order valence-corrected chi connectivity index (χ3v) is 4.77. The molecule has 3 rings (SSSR count). The lowest BCUT2D eigenvalue weighted by Gasteiger charge is -2.06. The molecule has 0 aliphatic heterocycles. The van der Waals surface area contributed by atoms with Crippen LogP contribution in [0.15, 0.2) is 47.4 Å². The largest absolute Gasteiger partial charge is 0.398 e. The molecule has 21 heavy (non-hydrogen) atoms. The second-order valence-corrected chi connectivity index (χ2v) is 6.07. The Morgan fingerprint density at radius 1 is 1.14 bits per heavy atom. The number of nitrogens with two attached hydrogens (primary N) is 1. The van der Waals surface area contributed by atoms with E-state index in [1.807, 2.05) is 13.0 Å². The summed E-state index contributed by atoms with van der Waals surface area (Å²) in [4.78, 5) is 1.13. The second-order valence-electron chi connectivity index (χ2n) is 5.06. The molecular formula is C17H19N3S. The molecule has 108 valence electrons. The number of nitrogen functional groups attached to an aromatic ring is 1. The van der Waals surface area contributed by atoms with Crippen molar-refractivity contribution in [1.29, 1.82) is 0 Å². The highest BCUT2D eigenvalue weighted by Gasteiger charge is 2.10. The molecule has 0 fully saturated rings. The minimum Gasteiger partial charge on any atom is -0.398 e. The highest BCUT2D eigenvalue weighted by atomic mass is 32.2. The molecule has 0 unspecified atom stereocenters. The lowest BCUT2D eigenvalue weighted by molar-refractivity contribution is 0.675. The van der Waals surface area contributed by atoms with Gasteiger partial charge in [-0.3, -0.25) is 4.68 Å². The highest BCUT2D eigenvalue weighted by Crippen LogP contribution is 2.31. The van der Waals surface area contributed by atoms with Crippen LogP contribution in [0.25, 0.3) is 10.9 Å². The van der Waals surface area contributed by atoms with E-state index in [-0.39, 0.29) is 0 Å². The van der Waals surface area contributed by atoms with Crippen molar-refractivity contribution in [2.24, 2.45) is 0 Å². The predicted octanol–water partition coefficient (Wildman–Crippen LogP) is 4.24. The Balaban J connectivity index is 1.90. The van der Waals surface area contributed by atoms with Crippen molar-refractivity contribution in [2.45, 2.75) is 31.0 Å². The molecule has 0 amide bonds. The zero-order chi connectivity index (χ0) is 14.8. The minimum absolute atomic E-state index is 0.834. The summed E-state index contributed by atoms with van der Waals surface area (Å²) < 4.78 is 2.06. The Hall–Kier alpha value is -1.94. The molecule has 0 aliphatic carbocycles. The summed E-state index contributed by atoms with van der Waals surface area (Å²) in [6.07, 6.45) is 0. The van der Waals surface area contributed by atoms with Gasteiger partial charge in [0.25, 0.3) is 0 Å². The van der Waals surface area contributed by atoms with Crippen LogP contribution in [-0.2, 0) is 12.3 Å². The number of hydrogen-bond donors (Lipinski definition) is 1. The van der Waals surface area contributed by atoms with Crippen LogP contribution in [-0.4, -0.2) is 9.78 Å². The Labute approximate surface area is 129 Å². The Morgan fingerprint density at radius 3 is 2.76 bits per heavy atom. The number of fused-ring (bicyclic) bond motifs is 1. The third kappa shape index (κ3) is 2.63. The molecule has 3 aromatic rings. The van der Waals surface area contributed by atoms with Crippen molar-refractivity contribution < 1.29 is 0 Å². The smallest absolute Gasteiger partial charge is 0.0805 e. The Kier molecular flexibility index (Phi) is 3.88. The fourth-order valence-electron chi connectivity index (χ4n) is 2.47. The predicted molar refractivity (Wildman–Crippen MR) is 90.6 cm³/mol. The quantitative estimate of drug-likeness (QED) is 0.578. The van der Waals surface area contributed by atoms with Crippen LogP contribution in [0.1, 0.15) is 18.2 Å². The van der Waals surface area contributed by atoms with Gasteiger partial charge in [0.05, 0.1) is 11.2 Å². The van der Waals surface area contributed by atoms with Crippen LogP contribution in [0.2, 0.25) is 0 Å². The average Bonchev–Trinajstić information content (AvgIpc) is 2.87. The van der Waals surface area contributed by atoms with E-state index in [4.69, 9.17) is 10.8 Å².